The second-order valence-corrected chi connectivity index (χ2v) is 12.9. The Kier molecular flexibility index (Phi) is 13.1. The number of anilines is 2. The van der Waals surface area contributed by atoms with Crippen LogP contribution in [0.4, 0.5) is 11.4 Å². The van der Waals surface area contributed by atoms with E-state index in [1.54, 1.807) is 24.3 Å². The predicted octanol–water partition coefficient (Wildman–Crippen LogP) is 5.79. The van der Waals surface area contributed by atoms with Gasteiger partial charge >= 0.3 is 0 Å². The molecule has 0 unspecified atom stereocenters. The molecule has 5 atom stereocenters. The van der Waals surface area contributed by atoms with E-state index in [0.717, 1.165) is 27.8 Å². The Hall–Kier alpha value is -4.58. The lowest BCUT2D eigenvalue weighted by atomic mass is 9.98. The van der Waals surface area contributed by atoms with E-state index in [-0.39, 0.29) is 49.5 Å². The summed E-state index contributed by atoms with van der Waals surface area (Å²) in [6.07, 6.45) is -0.197. The van der Waals surface area contributed by atoms with E-state index in [9.17, 15) is 19.8 Å². The van der Waals surface area contributed by atoms with Crippen molar-refractivity contribution in [1.82, 2.24) is 10.2 Å². The molecule has 0 bridgehead atoms. The number of nitrogen functional groups attached to an aromatic ring is 1. The minimum atomic E-state index is -0.647. The Morgan fingerprint density at radius 1 is 0.860 bits per heavy atom. The first-order chi connectivity index (χ1) is 24.2. The number of carbonyl (C=O) groups excluding carboxylic acids is 2. The van der Waals surface area contributed by atoms with Crippen LogP contribution in [-0.2, 0) is 32.2 Å². The van der Waals surface area contributed by atoms with Crippen molar-refractivity contribution in [3.63, 3.8) is 0 Å². The van der Waals surface area contributed by atoms with Crippen LogP contribution in [0.3, 0.4) is 0 Å². The summed E-state index contributed by atoms with van der Waals surface area (Å²) in [5.41, 5.74) is 11.4. The molecule has 0 saturated carbocycles. The van der Waals surface area contributed by atoms with Gasteiger partial charge in [0.05, 0.1) is 36.3 Å². The number of ether oxygens (including phenoxy) is 2. The summed E-state index contributed by atoms with van der Waals surface area (Å²) < 4.78 is 13.0. The van der Waals surface area contributed by atoms with Crippen LogP contribution in [0.15, 0.2) is 103 Å². The SMILES string of the molecule is C[C@H]([C@@H](O)c1ccccc1)N(C)C[C@H]1C[C@@H](c2ccc(CO)cc2)O[C@@H](c2ccc(CNC(=O)CCCC(=O)Nc3ccccc3N)cc2)O1. The molecule has 4 aromatic carbocycles. The van der Waals surface area contributed by atoms with Gasteiger partial charge in [0, 0.05) is 44.0 Å². The molecule has 0 aliphatic carbocycles. The molecule has 2 amide bonds. The van der Waals surface area contributed by atoms with Gasteiger partial charge in [0.2, 0.25) is 11.8 Å². The van der Waals surface area contributed by atoms with Crippen molar-refractivity contribution in [2.75, 3.05) is 24.6 Å². The average molecular weight is 681 g/mol. The quantitative estimate of drug-likeness (QED) is 0.0993. The number of carbonyl (C=O) groups is 2. The number of aliphatic hydroxyl groups excluding tert-OH is 2. The Morgan fingerprint density at radius 2 is 1.50 bits per heavy atom. The second-order valence-electron chi connectivity index (χ2n) is 12.9. The lowest BCUT2D eigenvalue weighted by molar-refractivity contribution is -0.253. The number of aliphatic hydroxyl groups is 2. The van der Waals surface area contributed by atoms with Crippen LogP contribution in [0.25, 0.3) is 0 Å². The van der Waals surface area contributed by atoms with Gasteiger partial charge in [0.25, 0.3) is 0 Å². The van der Waals surface area contributed by atoms with Crippen molar-refractivity contribution < 1.29 is 29.3 Å². The lowest BCUT2D eigenvalue weighted by Crippen LogP contribution is -2.43. The molecule has 4 aromatic rings. The number of para-hydroxylation sites is 2. The first kappa shape index (κ1) is 36.7. The van der Waals surface area contributed by atoms with Crippen molar-refractivity contribution in [1.29, 1.82) is 0 Å². The predicted molar refractivity (Wildman–Crippen MR) is 194 cm³/mol. The Morgan fingerprint density at radius 3 is 2.20 bits per heavy atom. The fourth-order valence-corrected chi connectivity index (χ4v) is 6.00. The summed E-state index contributed by atoms with van der Waals surface area (Å²) in [6, 6.07) is 32.1. The molecule has 50 heavy (non-hydrogen) atoms. The van der Waals surface area contributed by atoms with E-state index in [4.69, 9.17) is 15.2 Å². The number of benzene rings is 4. The third-order valence-corrected chi connectivity index (χ3v) is 9.18. The standard InChI is InChI=1S/C40H48N4O6/c1-27(39(48)31-9-4-3-5-10-31)44(2)25-33-23-36(30-19-17-29(26-45)18-20-30)50-40(49-33)32-21-15-28(16-22-32)24-42-37(46)13-8-14-38(47)43-35-12-7-6-11-34(35)41/h3-7,9-12,15-22,27,33,36,39-40,45,48H,8,13-14,23-26,41H2,1-2H3,(H,42,46)(H,43,47)/t27-,33-,36+,39-,40+/m1/s1. The molecule has 0 spiro atoms. The summed E-state index contributed by atoms with van der Waals surface area (Å²) >= 11 is 0. The van der Waals surface area contributed by atoms with Crippen molar-refractivity contribution in [3.05, 3.63) is 131 Å². The van der Waals surface area contributed by atoms with Crippen molar-refractivity contribution >= 4 is 23.2 Å². The molecule has 6 N–H and O–H groups in total. The third-order valence-electron chi connectivity index (χ3n) is 9.18. The maximum Gasteiger partial charge on any atom is 0.224 e. The smallest absolute Gasteiger partial charge is 0.224 e. The third kappa shape index (κ3) is 10.2. The van der Waals surface area contributed by atoms with Crippen LogP contribution in [0, 0.1) is 0 Å². The molecule has 0 radical (unpaired) electrons. The van der Waals surface area contributed by atoms with Gasteiger partial charge in [0.15, 0.2) is 6.29 Å². The molecule has 1 fully saturated rings. The van der Waals surface area contributed by atoms with Gasteiger partial charge in [-0.25, -0.2) is 0 Å². The molecule has 10 nitrogen and oxygen atoms in total. The van der Waals surface area contributed by atoms with Crippen LogP contribution >= 0.6 is 0 Å². The highest BCUT2D eigenvalue weighted by molar-refractivity contribution is 5.93. The van der Waals surface area contributed by atoms with E-state index in [0.29, 0.717) is 37.3 Å². The first-order valence-electron chi connectivity index (χ1n) is 17.1. The molecule has 1 heterocycles. The van der Waals surface area contributed by atoms with E-state index in [1.165, 1.54) is 0 Å². The highest BCUT2D eigenvalue weighted by atomic mass is 16.7. The normalized spacial score (nSPS) is 18.7. The number of nitrogens with one attached hydrogen (secondary N) is 2. The molecule has 0 aromatic heterocycles. The van der Waals surface area contributed by atoms with Gasteiger partial charge in [-0.05, 0) is 54.8 Å². The molecule has 5 rings (SSSR count). The highest BCUT2D eigenvalue weighted by Gasteiger charge is 2.34. The van der Waals surface area contributed by atoms with Crippen LogP contribution in [0.5, 0.6) is 0 Å². The summed E-state index contributed by atoms with van der Waals surface area (Å²) in [5, 5.41) is 26.3. The van der Waals surface area contributed by atoms with Gasteiger partial charge in [-0.15, -0.1) is 0 Å². The molecule has 1 aliphatic rings. The zero-order valence-electron chi connectivity index (χ0n) is 28.7. The number of hydrogen-bond acceptors (Lipinski definition) is 8. The molecule has 1 aliphatic heterocycles. The van der Waals surface area contributed by atoms with Crippen LogP contribution in [-0.4, -0.2) is 52.7 Å². The fraction of sp³-hybridized carbons (Fsp3) is 0.350. The minimum Gasteiger partial charge on any atom is -0.397 e. The largest absolute Gasteiger partial charge is 0.397 e. The summed E-state index contributed by atoms with van der Waals surface area (Å²) in [6.45, 7) is 2.92. The van der Waals surface area contributed by atoms with Gasteiger partial charge in [0.1, 0.15) is 0 Å². The highest BCUT2D eigenvalue weighted by Crippen LogP contribution is 2.38. The number of nitrogens with two attached hydrogens (primary N) is 1. The van der Waals surface area contributed by atoms with E-state index < -0.39 is 12.4 Å². The number of nitrogens with zero attached hydrogens (tertiary/aromatic N) is 1. The Bertz CT molecular complexity index is 1670. The van der Waals surface area contributed by atoms with E-state index in [1.807, 2.05) is 92.8 Å². The van der Waals surface area contributed by atoms with Crippen molar-refractivity contribution in [3.8, 4) is 0 Å². The summed E-state index contributed by atoms with van der Waals surface area (Å²) in [4.78, 5) is 26.9. The van der Waals surface area contributed by atoms with E-state index >= 15 is 0 Å². The fourth-order valence-electron chi connectivity index (χ4n) is 6.00. The number of rotatable bonds is 15. The Labute approximate surface area is 294 Å². The number of likely N-dealkylation sites (N-methyl/N-ethyl adjacent to an activating group) is 1. The minimum absolute atomic E-state index is 0.0266. The van der Waals surface area contributed by atoms with Gasteiger partial charge < -0.3 is 36.1 Å². The second kappa shape index (κ2) is 17.9. The van der Waals surface area contributed by atoms with Gasteiger partial charge in [-0.3, -0.25) is 14.5 Å². The van der Waals surface area contributed by atoms with Crippen molar-refractivity contribution in [2.45, 2.75) is 76.4 Å². The molecular formula is C40H48N4O6. The zero-order valence-corrected chi connectivity index (χ0v) is 28.7. The average Bonchev–Trinajstić information content (AvgIpc) is 3.14. The maximum absolute atomic E-state index is 12.5. The number of hydrogen-bond donors (Lipinski definition) is 5. The Balaban J connectivity index is 1.16. The maximum atomic E-state index is 12.5. The van der Waals surface area contributed by atoms with Crippen LogP contribution < -0.4 is 16.4 Å². The van der Waals surface area contributed by atoms with Crippen molar-refractivity contribution in [2.24, 2.45) is 0 Å². The molecular weight excluding hydrogens is 632 g/mol. The van der Waals surface area contributed by atoms with Crippen LogP contribution in [0.1, 0.15) is 78.9 Å². The molecule has 10 heteroatoms. The van der Waals surface area contributed by atoms with Crippen LogP contribution in [0.2, 0.25) is 0 Å². The van der Waals surface area contributed by atoms with Gasteiger partial charge in [-0.1, -0.05) is 91.0 Å². The first-order valence-corrected chi connectivity index (χ1v) is 17.1. The molecule has 1 saturated heterocycles. The van der Waals surface area contributed by atoms with E-state index in [2.05, 4.69) is 15.5 Å². The number of amides is 2. The monoisotopic (exact) mass is 680 g/mol. The summed E-state index contributed by atoms with van der Waals surface area (Å²) in [7, 11) is 1.99. The topological polar surface area (TPSA) is 146 Å². The summed E-state index contributed by atoms with van der Waals surface area (Å²) in [5.74, 6) is -0.315. The van der Waals surface area contributed by atoms with Gasteiger partial charge in [-0.2, -0.15) is 0 Å². The zero-order chi connectivity index (χ0) is 35.5. The molecule has 264 valence electrons. The lowest BCUT2D eigenvalue weighted by Gasteiger charge is -2.39.